The number of azo groups is 2. The molecule has 23 heteroatoms. The molecule has 20 nitrogen and oxygen atoms in total. The molecule has 55 heavy (non-hydrogen) atoms. The number of hydrogen-bond acceptors (Lipinski definition) is 16. The van der Waals surface area contributed by atoms with Crippen LogP contribution in [0.15, 0.2) is 86.0 Å². The van der Waals surface area contributed by atoms with Gasteiger partial charge >= 0.3 is 0 Å². The molecule has 0 amide bonds. The quantitative estimate of drug-likeness (QED) is 0.0167. The Bertz CT molecular complexity index is 2650. The van der Waals surface area contributed by atoms with Crippen LogP contribution >= 0.6 is 12.9 Å². The number of imidazole rings is 2. The zero-order valence-corrected chi connectivity index (χ0v) is 30.4. The Kier molecular flexibility index (Phi) is 15.5. The number of nitriles is 2. The van der Waals surface area contributed by atoms with Crippen LogP contribution in [0.5, 0.6) is 17.2 Å². The van der Waals surface area contributed by atoms with Gasteiger partial charge in [0.2, 0.25) is 5.95 Å². The van der Waals surface area contributed by atoms with Crippen LogP contribution in [0, 0.1) is 50.7 Å². The fraction of sp³-hybridized carbons (Fsp3) is 0. The number of phenols is 2. The summed E-state index contributed by atoms with van der Waals surface area (Å²) < 4.78 is 35.6. The van der Waals surface area contributed by atoms with Crippen LogP contribution in [0.1, 0.15) is 11.4 Å². The fourth-order valence-electron chi connectivity index (χ4n) is 4.27. The molecule has 6 aromatic rings. The van der Waals surface area contributed by atoms with Crippen molar-refractivity contribution >= 4 is 79.5 Å². The molecule has 0 saturated carbocycles. The maximum absolute atomic E-state index is 11.2. The third kappa shape index (κ3) is 10.1. The van der Waals surface area contributed by atoms with Gasteiger partial charge in [-0.05, 0) is 58.3 Å². The molecule has 3 N–H and O–H groups in total. The number of rotatable bonds is 8. The van der Waals surface area contributed by atoms with Gasteiger partial charge in [-0.15, -0.1) is 14.6 Å². The predicted molar refractivity (Wildman–Crippen MR) is 191 cm³/mol. The van der Waals surface area contributed by atoms with Crippen molar-refractivity contribution in [1.29, 1.82) is 10.5 Å². The van der Waals surface area contributed by atoms with E-state index in [1.165, 1.54) is 30.3 Å². The summed E-state index contributed by atoms with van der Waals surface area (Å²) in [6, 6.07) is 17.8. The summed E-state index contributed by atoms with van der Waals surface area (Å²) >= 11 is 3.38. The molecule has 0 fully saturated rings. The molecular weight excluding hydrogens is 803 g/mol. The molecule has 0 spiro atoms. The van der Waals surface area contributed by atoms with Gasteiger partial charge in [-0.3, -0.25) is 19.6 Å². The van der Waals surface area contributed by atoms with Gasteiger partial charge in [0.25, 0.3) is 10.1 Å². The van der Waals surface area contributed by atoms with Crippen LogP contribution in [0.25, 0.3) is 31.2 Å². The third-order valence-electron chi connectivity index (χ3n) is 6.50. The number of nitrogens with zero attached hydrogens (tertiary/aromatic N) is 12. The number of thiol groups is 1. The Morgan fingerprint density at radius 3 is 1.87 bits per heavy atom. The first-order valence-electron chi connectivity index (χ1n) is 13.6. The van der Waals surface area contributed by atoms with E-state index in [9.17, 15) is 18.6 Å². The van der Waals surface area contributed by atoms with Crippen molar-refractivity contribution in [3.63, 3.8) is 0 Å². The molecule has 0 unspecified atom stereocenters. The summed E-state index contributed by atoms with van der Waals surface area (Å²) in [5.74, 6) is -0.804. The average molecular weight is 823 g/mol. The number of benzene rings is 4. The summed E-state index contributed by atoms with van der Waals surface area (Å²) in [5.41, 5.74) is -0.112. The van der Waals surface area contributed by atoms with E-state index in [0.717, 1.165) is 6.07 Å². The van der Waals surface area contributed by atoms with Crippen molar-refractivity contribution in [3.8, 4) is 29.4 Å². The van der Waals surface area contributed by atoms with Crippen LogP contribution in [0.3, 0.4) is 0 Å². The van der Waals surface area contributed by atoms with Crippen molar-refractivity contribution in [2.24, 2.45) is 20.5 Å². The zero-order valence-electron chi connectivity index (χ0n) is 27.7. The average Bonchev–Trinajstić information content (AvgIpc) is 3.75. The molecular formula is C32H20N12NiO8S2-4. The smallest absolute Gasteiger partial charge is 0.294 e. The molecule has 6 rings (SSSR count). The molecule has 0 atom stereocenters. The van der Waals surface area contributed by atoms with Crippen LogP contribution < -0.4 is 14.9 Å². The minimum Gasteiger partial charge on any atom is -0.562 e. The molecule has 4 aromatic carbocycles. The summed E-state index contributed by atoms with van der Waals surface area (Å²) in [5, 5.41) is 59.4. The Balaban J connectivity index is 0.000000360. The van der Waals surface area contributed by atoms with E-state index in [0.29, 0.717) is 27.3 Å². The Labute approximate surface area is 327 Å². The second-order valence-electron chi connectivity index (χ2n) is 9.57. The van der Waals surface area contributed by atoms with E-state index in [2.05, 4.69) is 72.4 Å². The summed E-state index contributed by atoms with van der Waals surface area (Å²) in [7, 11) is -4.37. The summed E-state index contributed by atoms with van der Waals surface area (Å²) in [6.07, 6.45) is 0. The van der Waals surface area contributed by atoms with Crippen molar-refractivity contribution in [1.82, 2.24) is 19.9 Å². The van der Waals surface area contributed by atoms with E-state index in [1.807, 2.05) is 0 Å². The maximum Gasteiger partial charge on any atom is 0.294 e. The van der Waals surface area contributed by atoms with Crippen molar-refractivity contribution in [3.05, 3.63) is 110 Å². The fourth-order valence-corrected chi connectivity index (χ4v) is 4.81. The summed E-state index contributed by atoms with van der Waals surface area (Å²) in [4.78, 5) is 25.6. The number of hydrogen-bond donors (Lipinski definition) is 4. The Hall–Kier alpha value is -6.95. The minimum absolute atomic E-state index is 0. The van der Waals surface area contributed by atoms with Gasteiger partial charge in [0, 0.05) is 46.1 Å². The van der Waals surface area contributed by atoms with Crippen LogP contribution in [-0.4, -0.2) is 33.2 Å². The maximum atomic E-state index is 11.2. The van der Waals surface area contributed by atoms with E-state index < -0.39 is 10.1 Å². The topological polar surface area (TPSA) is 282 Å². The number of phenolic OH excluding ortho intramolecular Hbond substituents is 2. The molecule has 0 aliphatic heterocycles. The second kappa shape index (κ2) is 19.2. The summed E-state index contributed by atoms with van der Waals surface area (Å²) in [6.45, 7) is 13.8. The van der Waals surface area contributed by atoms with Gasteiger partial charge in [-0.2, -0.15) is 18.9 Å². The van der Waals surface area contributed by atoms with Crippen LogP contribution in [0.2, 0.25) is 0 Å². The SMILES string of the molecule is N#Cc1nc(N=Nc2c(O)ccc3cc(OOOS)ccc23)[n-]c1C#N.[C-]#[N+]c1nc(N=Nc2c(O)ccc3cc(S(=O)(=O)O)ccc23)[n-]c1[N+]#[C-].[CH3-].[CH3-].[Ni]. The van der Waals surface area contributed by atoms with E-state index in [-0.39, 0.29) is 94.0 Å². The van der Waals surface area contributed by atoms with Gasteiger partial charge in [-0.1, -0.05) is 24.8 Å². The molecule has 0 aliphatic carbocycles. The zero-order chi connectivity index (χ0) is 37.4. The first-order chi connectivity index (χ1) is 25.0. The predicted octanol–water partition coefficient (Wildman–Crippen LogP) is 7.70. The Morgan fingerprint density at radius 1 is 0.800 bits per heavy atom. The van der Waals surface area contributed by atoms with Gasteiger partial charge in [0.1, 0.15) is 40.8 Å². The van der Waals surface area contributed by atoms with Crippen LogP contribution in [0.4, 0.5) is 34.9 Å². The second-order valence-corrected chi connectivity index (χ2v) is 11.1. The van der Waals surface area contributed by atoms with Gasteiger partial charge in [0.05, 0.1) is 22.1 Å². The standard InChI is InChI=1S/2C15H7N6O4S.2CH3.Ni/c1-16-13-14(17-2)19-15(18-13)21-20-12-10-5-4-9(26(23,24)25)7-8(10)3-6-11(12)22;16-6-11-12(7-17)19-15(18-11)21-20-14-10-3-2-9(23-24-25-26)5-8(10)1-4-13(14)22;;;/h3-7H,(H2-,18,19,20,21,22,23,24,25);1-5H,(H2-,18,19,20,21,22,26);2*1H3;/q4*-1;. The van der Waals surface area contributed by atoms with Crippen molar-refractivity contribution in [2.75, 3.05) is 0 Å². The van der Waals surface area contributed by atoms with Crippen LogP contribution in [-0.2, 0) is 36.0 Å². The van der Waals surface area contributed by atoms with Gasteiger partial charge < -0.3 is 49.6 Å². The van der Waals surface area contributed by atoms with E-state index >= 15 is 0 Å². The monoisotopic (exact) mass is 822 g/mol. The van der Waals surface area contributed by atoms with Crippen molar-refractivity contribution < 1.29 is 53.9 Å². The van der Waals surface area contributed by atoms with Gasteiger partial charge in [-0.25, -0.2) is 11.7 Å². The molecule has 282 valence electrons. The number of fused-ring (bicyclic) bond motifs is 2. The molecule has 0 saturated heterocycles. The number of aromatic nitrogens is 4. The van der Waals surface area contributed by atoms with Crippen molar-refractivity contribution in [2.45, 2.75) is 4.90 Å². The first-order valence-corrected chi connectivity index (χ1v) is 15.4. The molecule has 2 aromatic heterocycles. The molecule has 0 bridgehead atoms. The van der Waals surface area contributed by atoms with E-state index in [1.54, 1.807) is 36.4 Å². The molecule has 0 aliphatic rings. The van der Waals surface area contributed by atoms with Gasteiger partial charge in [0.15, 0.2) is 5.75 Å². The minimum atomic E-state index is -4.37. The molecule has 0 radical (unpaired) electrons. The first kappa shape index (κ1) is 44.2. The number of aromatic hydroxyl groups is 2. The third-order valence-corrected chi connectivity index (χ3v) is 7.41. The van der Waals surface area contributed by atoms with E-state index in [4.69, 9.17) is 33.1 Å². The molecule has 2 heterocycles. The largest absolute Gasteiger partial charge is 0.562 e. The normalized spacial score (nSPS) is 10.5. The Morgan fingerprint density at radius 2 is 1.38 bits per heavy atom.